The van der Waals surface area contributed by atoms with Crippen molar-refractivity contribution in [2.75, 3.05) is 0 Å². The van der Waals surface area contributed by atoms with E-state index in [4.69, 9.17) is 9.31 Å². The summed E-state index contributed by atoms with van der Waals surface area (Å²) in [7, 11) is -2.30. The number of carbonyl (C=O) groups excluding carboxylic acids is 3. The zero-order valence-corrected chi connectivity index (χ0v) is 22.5. The molecular weight excluding hydrogens is 532 g/mol. The summed E-state index contributed by atoms with van der Waals surface area (Å²) in [6.07, 6.45) is 2.40. The van der Waals surface area contributed by atoms with E-state index in [1.54, 1.807) is 31.2 Å². The third-order valence-corrected chi connectivity index (χ3v) is 7.98. The predicted octanol–water partition coefficient (Wildman–Crippen LogP) is -1.20. The van der Waals surface area contributed by atoms with Gasteiger partial charge in [-0.15, -0.1) is 0 Å². The molecule has 3 amide bonds. The lowest BCUT2D eigenvalue weighted by Crippen LogP contribution is -2.60. The lowest BCUT2D eigenvalue weighted by atomic mass is 9.78. The zero-order valence-electron chi connectivity index (χ0n) is 22.5. The average molecular weight is 563 g/mol. The molecule has 1 aliphatic carbocycles. The maximum absolute atomic E-state index is 13.6. The van der Waals surface area contributed by atoms with Crippen molar-refractivity contribution in [3.63, 3.8) is 0 Å². The Balaban J connectivity index is 1.36. The normalized spacial score (nSPS) is 21.0. The zero-order chi connectivity index (χ0) is 29.3. The van der Waals surface area contributed by atoms with Gasteiger partial charge in [-0.05, 0) is 66.1 Å². The van der Waals surface area contributed by atoms with Crippen LogP contribution in [0.5, 0.6) is 0 Å². The minimum absolute atomic E-state index is 0.179. The van der Waals surface area contributed by atoms with Gasteiger partial charge in [0.1, 0.15) is 6.04 Å². The summed E-state index contributed by atoms with van der Waals surface area (Å²) >= 11 is 0. The summed E-state index contributed by atoms with van der Waals surface area (Å²) in [5.74, 6) is -3.55. The standard InChI is InChI=1S/C27H31B2N3O9/c1-14(30-24(33)15-6-8-17-12-40-28(38)20(17)10-15)23(26(35)31-22-5-3-2-4-19(22)27(36)37)32-25(34)16-7-9-18-13-41-29(39)21(18)11-16/h6-11,14,19,22-23,38-39H,2-5,12-13H2,1H3,(H,30,33)(H,31,35)(H,32,34)(H,36,37)/t14-,19-,22-,23-/m0/s1. The van der Waals surface area contributed by atoms with Crippen molar-refractivity contribution in [3.8, 4) is 0 Å². The highest BCUT2D eigenvalue weighted by atomic mass is 16.5. The number of carboxylic acids is 1. The molecule has 2 heterocycles. The molecule has 0 unspecified atom stereocenters. The van der Waals surface area contributed by atoms with Crippen LogP contribution in [-0.2, 0) is 32.1 Å². The summed E-state index contributed by atoms with van der Waals surface area (Å²) in [6.45, 7) is 2.00. The number of carbonyl (C=O) groups is 4. The Kier molecular flexibility index (Phi) is 8.45. The van der Waals surface area contributed by atoms with E-state index in [1.807, 2.05) is 0 Å². The first-order chi connectivity index (χ1) is 19.6. The maximum atomic E-state index is 13.6. The largest absolute Gasteiger partial charge is 0.491 e. The molecule has 5 rings (SSSR count). The second kappa shape index (κ2) is 12.0. The van der Waals surface area contributed by atoms with Crippen LogP contribution in [0.2, 0.25) is 0 Å². The Morgan fingerprint density at radius 2 is 1.39 bits per heavy atom. The van der Waals surface area contributed by atoms with Gasteiger partial charge in [-0.2, -0.15) is 0 Å². The van der Waals surface area contributed by atoms with Gasteiger partial charge in [-0.3, -0.25) is 19.2 Å². The summed E-state index contributed by atoms with van der Waals surface area (Å²) in [6, 6.07) is 6.66. The van der Waals surface area contributed by atoms with Gasteiger partial charge in [0.05, 0.1) is 25.2 Å². The van der Waals surface area contributed by atoms with Crippen LogP contribution in [0, 0.1) is 5.92 Å². The molecule has 1 fully saturated rings. The molecule has 3 aliphatic rings. The molecule has 12 nitrogen and oxygen atoms in total. The molecule has 41 heavy (non-hydrogen) atoms. The number of rotatable bonds is 8. The second-order valence-corrected chi connectivity index (χ2v) is 10.7. The monoisotopic (exact) mass is 563 g/mol. The number of hydrogen-bond donors (Lipinski definition) is 6. The number of benzene rings is 2. The molecule has 2 aromatic rings. The minimum Gasteiger partial charge on any atom is -0.481 e. The summed E-state index contributed by atoms with van der Waals surface area (Å²) in [5.41, 5.74) is 2.85. The fourth-order valence-corrected chi connectivity index (χ4v) is 5.60. The van der Waals surface area contributed by atoms with Crippen molar-refractivity contribution in [2.24, 2.45) is 5.92 Å². The van der Waals surface area contributed by atoms with Crippen molar-refractivity contribution < 1.29 is 43.6 Å². The molecule has 0 bridgehead atoms. The molecule has 0 saturated heterocycles. The molecule has 1 saturated carbocycles. The maximum Gasteiger partial charge on any atom is 0.491 e. The predicted molar refractivity (Wildman–Crippen MR) is 147 cm³/mol. The molecule has 4 atom stereocenters. The van der Waals surface area contributed by atoms with Gasteiger partial charge in [-0.25, -0.2) is 0 Å². The first-order valence-corrected chi connectivity index (χ1v) is 13.6. The van der Waals surface area contributed by atoms with Gasteiger partial charge in [0, 0.05) is 17.2 Å². The third-order valence-electron chi connectivity index (χ3n) is 7.98. The van der Waals surface area contributed by atoms with Gasteiger partial charge in [-0.1, -0.05) is 25.0 Å². The van der Waals surface area contributed by atoms with Crippen LogP contribution >= 0.6 is 0 Å². The Bertz CT molecular complexity index is 1370. The van der Waals surface area contributed by atoms with E-state index in [9.17, 15) is 34.3 Å². The Labute approximate surface area is 237 Å². The molecular formula is C27H31B2N3O9. The van der Waals surface area contributed by atoms with Crippen LogP contribution in [0.3, 0.4) is 0 Å². The highest BCUT2D eigenvalue weighted by Gasteiger charge is 2.36. The molecule has 0 spiro atoms. The van der Waals surface area contributed by atoms with Crippen molar-refractivity contribution >= 4 is 48.9 Å². The number of nitrogens with one attached hydrogen (secondary N) is 3. The van der Waals surface area contributed by atoms with Crippen LogP contribution in [-0.4, -0.2) is 71.2 Å². The van der Waals surface area contributed by atoms with E-state index in [2.05, 4.69) is 16.0 Å². The molecule has 0 radical (unpaired) electrons. The summed E-state index contributed by atoms with van der Waals surface area (Å²) < 4.78 is 10.4. The molecule has 14 heteroatoms. The fourth-order valence-electron chi connectivity index (χ4n) is 5.60. The van der Waals surface area contributed by atoms with E-state index >= 15 is 0 Å². The first kappa shape index (κ1) is 28.8. The molecule has 2 aromatic carbocycles. The second-order valence-electron chi connectivity index (χ2n) is 10.7. The molecule has 6 N–H and O–H groups in total. The fraction of sp³-hybridized carbons (Fsp3) is 0.407. The van der Waals surface area contributed by atoms with Crippen molar-refractivity contribution in [3.05, 3.63) is 58.7 Å². The number of carboxylic acid groups (broad SMARTS) is 1. The highest BCUT2D eigenvalue weighted by molar-refractivity contribution is 6.62. The van der Waals surface area contributed by atoms with Gasteiger partial charge < -0.3 is 40.4 Å². The van der Waals surface area contributed by atoms with Crippen LogP contribution in [0.15, 0.2) is 36.4 Å². The first-order valence-electron chi connectivity index (χ1n) is 13.6. The van der Waals surface area contributed by atoms with Gasteiger partial charge in [0.15, 0.2) is 0 Å². The van der Waals surface area contributed by atoms with Gasteiger partial charge in [0.25, 0.3) is 11.8 Å². The van der Waals surface area contributed by atoms with Gasteiger partial charge in [0.2, 0.25) is 5.91 Å². The number of aliphatic carboxylic acids is 1. The molecule has 214 valence electrons. The number of amides is 3. The number of hydrogen-bond acceptors (Lipinski definition) is 8. The molecule has 2 aliphatic heterocycles. The molecule has 0 aromatic heterocycles. The van der Waals surface area contributed by atoms with Crippen LogP contribution in [0.4, 0.5) is 0 Å². The van der Waals surface area contributed by atoms with Crippen molar-refractivity contribution in [2.45, 2.75) is 63.9 Å². The van der Waals surface area contributed by atoms with E-state index in [-0.39, 0.29) is 24.3 Å². The highest BCUT2D eigenvalue weighted by Crippen LogP contribution is 2.25. The summed E-state index contributed by atoms with van der Waals surface area (Å²) in [4.78, 5) is 51.8. The van der Waals surface area contributed by atoms with E-state index in [1.165, 1.54) is 12.1 Å². The number of fused-ring (bicyclic) bond motifs is 2. The van der Waals surface area contributed by atoms with E-state index < -0.39 is 62.0 Å². The quantitative estimate of drug-likeness (QED) is 0.215. The lowest BCUT2D eigenvalue weighted by Gasteiger charge is -2.32. The SMILES string of the molecule is C[C@H](NC(=O)c1ccc2c(c1)B(O)OC2)[C@H](NC(=O)c1ccc2c(c1)B(O)OC2)C(=O)N[C@H]1CCCC[C@@H]1C(=O)O. The lowest BCUT2D eigenvalue weighted by molar-refractivity contribution is -0.144. The van der Waals surface area contributed by atoms with Crippen LogP contribution in [0.1, 0.15) is 64.4 Å². The summed E-state index contributed by atoms with van der Waals surface area (Å²) in [5, 5.41) is 37.9. The average Bonchev–Trinajstić information content (AvgIpc) is 3.52. The van der Waals surface area contributed by atoms with Crippen molar-refractivity contribution in [1.29, 1.82) is 0 Å². The van der Waals surface area contributed by atoms with Crippen molar-refractivity contribution in [1.82, 2.24) is 16.0 Å². The Morgan fingerprint density at radius 1 is 0.854 bits per heavy atom. The minimum atomic E-state index is -1.26. The van der Waals surface area contributed by atoms with E-state index in [0.29, 0.717) is 23.8 Å². The topological polar surface area (TPSA) is 184 Å². The Hall–Kier alpha value is -3.71. The van der Waals surface area contributed by atoms with Crippen LogP contribution in [0.25, 0.3) is 0 Å². The van der Waals surface area contributed by atoms with Gasteiger partial charge >= 0.3 is 20.2 Å². The Morgan fingerprint density at radius 3 is 1.95 bits per heavy atom. The van der Waals surface area contributed by atoms with E-state index in [0.717, 1.165) is 24.0 Å². The van der Waals surface area contributed by atoms with Crippen LogP contribution < -0.4 is 26.9 Å². The third kappa shape index (κ3) is 6.15. The smallest absolute Gasteiger partial charge is 0.481 e.